The monoisotopic (exact) mass is 349 g/mol. The molecule has 0 bridgehead atoms. The zero-order valence-electron chi connectivity index (χ0n) is 14.6. The summed E-state index contributed by atoms with van der Waals surface area (Å²) in [5.74, 6) is 1.31. The smallest absolute Gasteiger partial charge is 0.320 e. The van der Waals surface area contributed by atoms with Crippen molar-refractivity contribution < 1.29 is 4.79 Å². The van der Waals surface area contributed by atoms with Gasteiger partial charge in [0.2, 0.25) is 0 Å². The van der Waals surface area contributed by atoms with Crippen LogP contribution >= 0.6 is 0 Å². The summed E-state index contributed by atoms with van der Waals surface area (Å²) in [6, 6.07) is 9.68. The first kappa shape index (κ1) is 16.4. The number of carbonyl (C=O) groups excluding carboxylic acids is 1. The maximum Gasteiger partial charge on any atom is 0.320 e. The summed E-state index contributed by atoms with van der Waals surface area (Å²) in [6.45, 7) is 1.30. The van der Waals surface area contributed by atoms with Gasteiger partial charge < -0.3 is 10.3 Å². The Morgan fingerprint density at radius 2 is 2.23 bits per heavy atom. The van der Waals surface area contributed by atoms with E-state index in [0.29, 0.717) is 12.5 Å². The van der Waals surface area contributed by atoms with Crippen LogP contribution in [0.1, 0.15) is 24.8 Å². The molecule has 1 aliphatic rings. The van der Waals surface area contributed by atoms with E-state index in [2.05, 4.69) is 32.9 Å². The maximum absolute atomic E-state index is 12.3. The van der Waals surface area contributed by atoms with Crippen LogP contribution in [0.4, 0.5) is 10.6 Å². The lowest BCUT2D eigenvalue weighted by molar-refractivity contribution is 0.251. The molecule has 2 heterocycles. The average Bonchev–Trinajstić information content (AvgIpc) is 3.31. The number of nitrogens with one attached hydrogen (secondary N) is 3. The minimum Gasteiger partial charge on any atom is -0.361 e. The number of nitrogens with zero attached hydrogens (tertiary/aromatic N) is 2. The SMILES string of the molecule is O=C(NCc1cccc2[nH]ccc12)Nc1ccnn1CC1CC=CCC1. The van der Waals surface area contributed by atoms with Gasteiger partial charge in [0, 0.05) is 36.3 Å². The topological polar surface area (TPSA) is 74.7 Å². The zero-order valence-corrected chi connectivity index (χ0v) is 14.6. The molecular weight excluding hydrogens is 326 g/mol. The number of allylic oxidation sites excluding steroid dienone is 2. The number of benzene rings is 1. The summed E-state index contributed by atoms with van der Waals surface area (Å²) in [4.78, 5) is 15.5. The molecular formula is C20H23N5O. The first-order chi connectivity index (χ1) is 12.8. The Hall–Kier alpha value is -3.02. The van der Waals surface area contributed by atoms with Crippen molar-refractivity contribution in [3.63, 3.8) is 0 Å². The number of hydrogen-bond donors (Lipinski definition) is 3. The molecule has 0 aliphatic heterocycles. The second kappa shape index (κ2) is 7.47. The summed E-state index contributed by atoms with van der Waals surface area (Å²) in [7, 11) is 0. The number of rotatable bonds is 5. The summed E-state index contributed by atoms with van der Waals surface area (Å²) in [5, 5.41) is 11.3. The molecule has 2 aromatic heterocycles. The van der Waals surface area contributed by atoms with Gasteiger partial charge in [-0.3, -0.25) is 5.32 Å². The van der Waals surface area contributed by atoms with E-state index >= 15 is 0 Å². The number of urea groups is 1. The van der Waals surface area contributed by atoms with Crippen LogP contribution in [0.15, 0.2) is 54.9 Å². The number of fused-ring (bicyclic) bond motifs is 1. The second-order valence-electron chi connectivity index (χ2n) is 6.71. The van der Waals surface area contributed by atoms with Gasteiger partial charge >= 0.3 is 6.03 Å². The van der Waals surface area contributed by atoms with Gasteiger partial charge in [-0.2, -0.15) is 5.10 Å². The normalized spacial score (nSPS) is 16.7. The average molecular weight is 349 g/mol. The van der Waals surface area contributed by atoms with Gasteiger partial charge in [-0.25, -0.2) is 9.48 Å². The Kier molecular flexibility index (Phi) is 4.73. The highest BCUT2D eigenvalue weighted by Gasteiger charge is 2.14. The minimum absolute atomic E-state index is 0.220. The summed E-state index contributed by atoms with van der Waals surface area (Å²) in [6.07, 6.45) is 11.5. The zero-order chi connectivity index (χ0) is 17.8. The highest BCUT2D eigenvalue weighted by Crippen LogP contribution is 2.21. The molecule has 0 saturated heterocycles. The van der Waals surface area contributed by atoms with E-state index in [9.17, 15) is 4.79 Å². The predicted molar refractivity (Wildman–Crippen MR) is 103 cm³/mol. The van der Waals surface area contributed by atoms with E-state index in [-0.39, 0.29) is 6.03 Å². The molecule has 0 radical (unpaired) electrons. The largest absolute Gasteiger partial charge is 0.361 e. The van der Waals surface area contributed by atoms with Crippen LogP contribution in [-0.2, 0) is 13.1 Å². The summed E-state index contributed by atoms with van der Waals surface area (Å²) < 4.78 is 1.89. The summed E-state index contributed by atoms with van der Waals surface area (Å²) in [5.41, 5.74) is 2.16. The van der Waals surface area contributed by atoms with Crippen molar-refractivity contribution in [1.29, 1.82) is 0 Å². The lowest BCUT2D eigenvalue weighted by Crippen LogP contribution is -2.29. The van der Waals surface area contributed by atoms with E-state index in [1.54, 1.807) is 6.20 Å². The number of H-pyrrole nitrogens is 1. The summed E-state index contributed by atoms with van der Waals surface area (Å²) >= 11 is 0. The number of aromatic amines is 1. The maximum atomic E-state index is 12.3. The van der Waals surface area contributed by atoms with Crippen molar-refractivity contribution in [2.45, 2.75) is 32.4 Å². The number of hydrogen-bond acceptors (Lipinski definition) is 2. The van der Waals surface area contributed by atoms with E-state index in [4.69, 9.17) is 0 Å². The van der Waals surface area contributed by atoms with Gasteiger partial charge in [0.1, 0.15) is 5.82 Å². The molecule has 6 heteroatoms. The number of amides is 2. The molecule has 3 N–H and O–H groups in total. The van der Waals surface area contributed by atoms with Gasteiger partial charge in [0.25, 0.3) is 0 Å². The molecule has 0 fully saturated rings. The predicted octanol–water partition coefficient (Wildman–Crippen LogP) is 4.04. The van der Waals surface area contributed by atoms with Gasteiger partial charge in [-0.15, -0.1) is 0 Å². The van der Waals surface area contributed by atoms with Crippen LogP contribution in [0.25, 0.3) is 10.9 Å². The second-order valence-corrected chi connectivity index (χ2v) is 6.71. The van der Waals surface area contributed by atoms with E-state index in [1.807, 2.05) is 41.2 Å². The van der Waals surface area contributed by atoms with Crippen LogP contribution in [0, 0.1) is 5.92 Å². The molecule has 1 aliphatic carbocycles. The first-order valence-corrected chi connectivity index (χ1v) is 9.06. The molecule has 0 spiro atoms. The van der Waals surface area contributed by atoms with Crippen LogP contribution < -0.4 is 10.6 Å². The first-order valence-electron chi connectivity index (χ1n) is 9.06. The third kappa shape index (κ3) is 3.64. The van der Waals surface area contributed by atoms with E-state index < -0.39 is 0 Å². The Balaban J connectivity index is 1.36. The lowest BCUT2D eigenvalue weighted by atomic mass is 9.94. The Labute approximate surface area is 152 Å². The van der Waals surface area contributed by atoms with Crippen LogP contribution in [0.2, 0.25) is 0 Å². The van der Waals surface area contributed by atoms with Gasteiger partial charge in [-0.1, -0.05) is 24.3 Å². The molecule has 6 nitrogen and oxygen atoms in total. The van der Waals surface area contributed by atoms with Crippen LogP contribution in [0.5, 0.6) is 0 Å². The number of carbonyl (C=O) groups is 1. The molecule has 2 amide bonds. The van der Waals surface area contributed by atoms with Crippen LogP contribution in [0.3, 0.4) is 0 Å². The molecule has 1 aromatic carbocycles. The Bertz CT molecular complexity index is 923. The fourth-order valence-corrected chi connectivity index (χ4v) is 3.49. The fourth-order valence-electron chi connectivity index (χ4n) is 3.49. The molecule has 1 unspecified atom stereocenters. The van der Waals surface area contributed by atoms with Crippen molar-refractivity contribution in [3.05, 3.63) is 60.4 Å². The number of anilines is 1. The van der Waals surface area contributed by atoms with Crippen molar-refractivity contribution >= 4 is 22.8 Å². The fraction of sp³-hybridized carbons (Fsp3) is 0.300. The minimum atomic E-state index is -0.220. The molecule has 0 saturated carbocycles. The van der Waals surface area contributed by atoms with E-state index in [0.717, 1.165) is 41.7 Å². The molecule has 134 valence electrons. The molecule has 26 heavy (non-hydrogen) atoms. The van der Waals surface area contributed by atoms with Crippen molar-refractivity contribution in [1.82, 2.24) is 20.1 Å². The quantitative estimate of drug-likeness (QED) is 0.608. The number of aromatic nitrogens is 3. The molecule has 3 aromatic rings. The standard InChI is InChI=1S/C20H23N5O/c26-20(22-13-16-7-4-8-18-17(16)9-11-21-18)24-19-10-12-23-25(19)14-15-5-2-1-3-6-15/h1-2,4,7-12,15,21H,3,5-6,13-14H2,(H2,22,24,26). The van der Waals surface area contributed by atoms with Gasteiger partial charge in [0.05, 0.1) is 6.20 Å². The van der Waals surface area contributed by atoms with Gasteiger partial charge in [-0.05, 0) is 42.9 Å². The Morgan fingerprint density at radius 1 is 1.27 bits per heavy atom. The van der Waals surface area contributed by atoms with Crippen LogP contribution in [-0.4, -0.2) is 20.8 Å². The lowest BCUT2D eigenvalue weighted by Gasteiger charge is -2.19. The third-order valence-electron chi connectivity index (χ3n) is 4.89. The van der Waals surface area contributed by atoms with Gasteiger partial charge in [0.15, 0.2) is 0 Å². The van der Waals surface area contributed by atoms with Crippen molar-refractivity contribution in [2.24, 2.45) is 5.92 Å². The van der Waals surface area contributed by atoms with Crippen molar-refractivity contribution in [3.8, 4) is 0 Å². The Morgan fingerprint density at radius 3 is 3.12 bits per heavy atom. The molecule has 4 rings (SSSR count). The van der Waals surface area contributed by atoms with E-state index in [1.165, 1.54) is 6.42 Å². The highest BCUT2D eigenvalue weighted by atomic mass is 16.2. The molecule has 1 atom stereocenters. The highest BCUT2D eigenvalue weighted by molar-refractivity contribution is 5.89. The van der Waals surface area contributed by atoms with Crippen molar-refractivity contribution in [2.75, 3.05) is 5.32 Å². The third-order valence-corrected chi connectivity index (χ3v) is 4.89.